The van der Waals surface area contributed by atoms with E-state index in [-0.39, 0.29) is 17.1 Å². The van der Waals surface area contributed by atoms with Gasteiger partial charge in [0.15, 0.2) is 11.5 Å². The Labute approximate surface area is 138 Å². The monoisotopic (exact) mass is 334 g/mol. The van der Waals surface area contributed by atoms with Gasteiger partial charge in [0, 0.05) is 34.4 Å². The van der Waals surface area contributed by atoms with Crippen molar-refractivity contribution in [3.8, 4) is 17.2 Å². The molecule has 0 N–H and O–H groups in total. The summed E-state index contributed by atoms with van der Waals surface area (Å²) in [5, 5.41) is 1.65. The van der Waals surface area contributed by atoms with Crippen molar-refractivity contribution in [1.82, 2.24) is 0 Å². The summed E-state index contributed by atoms with van der Waals surface area (Å²) in [7, 11) is 1.48. The van der Waals surface area contributed by atoms with Gasteiger partial charge in [-0.25, -0.2) is 4.79 Å². The first kappa shape index (κ1) is 16.8. The zero-order valence-corrected chi connectivity index (χ0v) is 13.7. The second-order valence-corrected chi connectivity index (χ2v) is 5.30. The van der Waals surface area contributed by atoms with Crippen molar-refractivity contribution in [2.45, 2.75) is 13.8 Å². The van der Waals surface area contributed by atoms with Gasteiger partial charge in [-0.2, -0.15) is 0 Å². The lowest BCUT2D eigenvalue weighted by Gasteiger charge is -2.15. The molecular weight excluding hydrogens is 320 g/mol. The SMILES string of the molecule is C=C(C)C(=O)Oc1c(OC(C)=O)cc(OC)c2cc(Cl)ccc12. The van der Waals surface area contributed by atoms with E-state index in [0.717, 1.165) is 0 Å². The predicted octanol–water partition coefficient (Wildman–Crippen LogP) is 3.91. The maximum atomic E-state index is 11.9. The van der Waals surface area contributed by atoms with Crippen LogP contribution in [0.2, 0.25) is 5.02 Å². The Morgan fingerprint density at radius 1 is 1.04 bits per heavy atom. The second-order valence-electron chi connectivity index (χ2n) is 4.86. The number of halogens is 1. The lowest BCUT2D eigenvalue weighted by molar-refractivity contribution is -0.133. The van der Waals surface area contributed by atoms with Crippen LogP contribution in [0.4, 0.5) is 0 Å². The number of rotatable bonds is 4. The fourth-order valence-electron chi connectivity index (χ4n) is 2.00. The molecule has 23 heavy (non-hydrogen) atoms. The number of carbonyl (C=O) groups excluding carboxylic acids is 2. The molecule has 2 rings (SSSR count). The van der Waals surface area contributed by atoms with E-state index >= 15 is 0 Å². The summed E-state index contributed by atoms with van der Waals surface area (Å²) in [4.78, 5) is 23.2. The smallest absolute Gasteiger partial charge is 0.338 e. The van der Waals surface area contributed by atoms with Gasteiger partial charge in [-0.1, -0.05) is 18.2 Å². The summed E-state index contributed by atoms with van der Waals surface area (Å²) in [6, 6.07) is 6.44. The Morgan fingerprint density at radius 3 is 2.30 bits per heavy atom. The number of hydrogen-bond donors (Lipinski definition) is 0. The van der Waals surface area contributed by atoms with E-state index in [4.69, 9.17) is 25.8 Å². The van der Waals surface area contributed by atoms with Crippen LogP contribution in [0.15, 0.2) is 36.4 Å². The summed E-state index contributed by atoms with van der Waals surface area (Å²) >= 11 is 6.02. The molecule has 0 spiro atoms. The number of esters is 2. The molecular formula is C17H15ClO5. The Balaban J connectivity index is 2.74. The number of fused-ring (bicyclic) bond motifs is 1. The van der Waals surface area contributed by atoms with Gasteiger partial charge >= 0.3 is 11.9 Å². The van der Waals surface area contributed by atoms with Crippen LogP contribution in [0.25, 0.3) is 10.8 Å². The summed E-state index contributed by atoms with van der Waals surface area (Å²) < 4.78 is 15.8. The average Bonchev–Trinajstić information content (AvgIpc) is 2.48. The molecule has 0 aliphatic heterocycles. The van der Waals surface area contributed by atoms with Crippen molar-refractivity contribution in [2.24, 2.45) is 0 Å². The highest BCUT2D eigenvalue weighted by Gasteiger charge is 2.20. The molecule has 0 saturated heterocycles. The Kier molecular flexibility index (Phi) is 4.91. The first-order valence-electron chi connectivity index (χ1n) is 6.70. The molecule has 0 saturated carbocycles. The van der Waals surface area contributed by atoms with E-state index in [0.29, 0.717) is 21.5 Å². The summed E-state index contributed by atoms with van der Waals surface area (Å²) in [6.45, 7) is 6.32. The third-order valence-corrected chi connectivity index (χ3v) is 3.23. The molecule has 0 aliphatic rings. The van der Waals surface area contributed by atoms with E-state index in [1.54, 1.807) is 18.2 Å². The molecule has 0 fully saturated rings. The molecule has 120 valence electrons. The minimum absolute atomic E-state index is 0.0822. The molecule has 2 aromatic rings. The van der Waals surface area contributed by atoms with E-state index in [2.05, 4.69) is 6.58 Å². The maximum absolute atomic E-state index is 11.9. The Hall–Kier alpha value is -2.53. The fraction of sp³-hybridized carbons (Fsp3) is 0.176. The highest BCUT2D eigenvalue weighted by Crippen LogP contribution is 2.42. The van der Waals surface area contributed by atoms with Crippen LogP contribution in [-0.4, -0.2) is 19.0 Å². The lowest BCUT2D eigenvalue weighted by atomic mass is 10.1. The average molecular weight is 335 g/mol. The summed E-state index contributed by atoms with van der Waals surface area (Å²) in [5.74, 6) is -0.541. The van der Waals surface area contributed by atoms with E-state index in [1.165, 1.54) is 27.0 Å². The molecule has 0 amide bonds. The van der Waals surface area contributed by atoms with Crippen LogP contribution in [-0.2, 0) is 9.59 Å². The molecule has 0 aromatic heterocycles. The first-order chi connectivity index (χ1) is 10.8. The van der Waals surface area contributed by atoms with Gasteiger partial charge in [-0.3, -0.25) is 4.79 Å². The molecule has 0 bridgehead atoms. The molecule has 0 radical (unpaired) electrons. The van der Waals surface area contributed by atoms with Crippen molar-refractivity contribution in [3.63, 3.8) is 0 Å². The van der Waals surface area contributed by atoms with Crippen LogP contribution in [0.1, 0.15) is 13.8 Å². The normalized spacial score (nSPS) is 10.3. The van der Waals surface area contributed by atoms with Gasteiger partial charge < -0.3 is 14.2 Å². The number of ether oxygens (including phenoxy) is 3. The van der Waals surface area contributed by atoms with E-state index < -0.39 is 11.9 Å². The minimum Gasteiger partial charge on any atom is -0.496 e. The molecule has 6 heteroatoms. The van der Waals surface area contributed by atoms with Crippen molar-refractivity contribution in [1.29, 1.82) is 0 Å². The molecule has 5 nitrogen and oxygen atoms in total. The zero-order valence-electron chi connectivity index (χ0n) is 12.9. The number of benzene rings is 2. The third kappa shape index (κ3) is 3.63. The third-order valence-electron chi connectivity index (χ3n) is 2.99. The quantitative estimate of drug-likeness (QED) is 0.482. The fourth-order valence-corrected chi connectivity index (χ4v) is 2.17. The lowest BCUT2D eigenvalue weighted by Crippen LogP contribution is -2.11. The van der Waals surface area contributed by atoms with E-state index in [9.17, 15) is 9.59 Å². The molecule has 2 aromatic carbocycles. The standard InChI is InChI=1S/C17H15ClO5/c1-9(2)17(20)23-16-12-6-5-11(18)7-13(12)14(21-4)8-15(16)22-10(3)19/h5-8H,1H2,2-4H3. The molecule has 0 atom stereocenters. The van der Waals surface area contributed by atoms with Gasteiger partial charge in [0.1, 0.15) is 5.75 Å². The number of carbonyl (C=O) groups is 2. The van der Waals surface area contributed by atoms with Crippen LogP contribution in [0.5, 0.6) is 17.2 Å². The van der Waals surface area contributed by atoms with Gasteiger partial charge in [0.25, 0.3) is 0 Å². The predicted molar refractivity (Wildman–Crippen MR) is 87.3 cm³/mol. The largest absolute Gasteiger partial charge is 0.496 e. The second kappa shape index (κ2) is 6.71. The van der Waals surface area contributed by atoms with Gasteiger partial charge in [0.05, 0.1) is 7.11 Å². The van der Waals surface area contributed by atoms with Crippen LogP contribution in [0.3, 0.4) is 0 Å². The highest BCUT2D eigenvalue weighted by atomic mass is 35.5. The topological polar surface area (TPSA) is 61.8 Å². The van der Waals surface area contributed by atoms with Crippen LogP contribution in [0, 0.1) is 0 Å². The van der Waals surface area contributed by atoms with Crippen molar-refractivity contribution < 1.29 is 23.8 Å². The van der Waals surface area contributed by atoms with E-state index in [1.807, 2.05) is 0 Å². The zero-order chi connectivity index (χ0) is 17.1. The highest BCUT2D eigenvalue weighted by molar-refractivity contribution is 6.31. The van der Waals surface area contributed by atoms with Crippen LogP contribution < -0.4 is 14.2 Å². The number of hydrogen-bond acceptors (Lipinski definition) is 5. The first-order valence-corrected chi connectivity index (χ1v) is 7.07. The van der Waals surface area contributed by atoms with Crippen molar-refractivity contribution in [2.75, 3.05) is 7.11 Å². The molecule has 0 aliphatic carbocycles. The maximum Gasteiger partial charge on any atom is 0.338 e. The molecule has 0 heterocycles. The van der Waals surface area contributed by atoms with Crippen molar-refractivity contribution in [3.05, 3.63) is 41.4 Å². The van der Waals surface area contributed by atoms with Gasteiger partial charge in [0.2, 0.25) is 0 Å². The number of methoxy groups -OCH3 is 1. The van der Waals surface area contributed by atoms with Gasteiger partial charge in [-0.05, 0) is 25.1 Å². The Morgan fingerprint density at radius 2 is 1.74 bits per heavy atom. The molecule has 0 unspecified atom stereocenters. The minimum atomic E-state index is -0.625. The van der Waals surface area contributed by atoms with Crippen LogP contribution >= 0.6 is 11.6 Å². The van der Waals surface area contributed by atoms with Gasteiger partial charge in [-0.15, -0.1) is 0 Å². The summed E-state index contributed by atoms with van der Waals surface area (Å²) in [6.07, 6.45) is 0. The summed E-state index contributed by atoms with van der Waals surface area (Å²) in [5.41, 5.74) is 0.219. The van der Waals surface area contributed by atoms with Crippen molar-refractivity contribution >= 4 is 34.3 Å². The Bertz CT molecular complexity index is 810.